The van der Waals surface area contributed by atoms with E-state index in [-0.39, 0.29) is 28.5 Å². The van der Waals surface area contributed by atoms with Crippen molar-refractivity contribution >= 4 is 11.8 Å². The molecule has 5 rings (SSSR count). The summed E-state index contributed by atoms with van der Waals surface area (Å²) in [5.41, 5.74) is 2.08. The van der Waals surface area contributed by atoms with Crippen LogP contribution in [0.25, 0.3) is 0 Å². The molecule has 4 nitrogen and oxygen atoms in total. The van der Waals surface area contributed by atoms with Crippen molar-refractivity contribution in [3.63, 3.8) is 0 Å². The fourth-order valence-corrected chi connectivity index (χ4v) is 8.79. The van der Waals surface area contributed by atoms with Crippen molar-refractivity contribution in [1.29, 1.82) is 0 Å². The molecule has 3 saturated carbocycles. The maximum absolute atomic E-state index is 10.7. The van der Waals surface area contributed by atoms with Crippen LogP contribution < -0.4 is 0 Å². The summed E-state index contributed by atoms with van der Waals surface area (Å²) in [6.45, 7) is 4.84. The number of rotatable bonds is 4. The molecule has 4 aliphatic rings. The summed E-state index contributed by atoms with van der Waals surface area (Å²) < 4.78 is 0. The first-order chi connectivity index (χ1) is 14.4. The van der Waals surface area contributed by atoms with Gasteiger partial charge in [0.25, 0.3) is 0 Å². The van der Waals surface area contributed by atoms with Gasteiger partial charge in [0.05, 0.1) is 12.2 Å². The van der Waals surface area contributed by atoms with Gasteiger partial charge >= 0.3 is 0 Å². The SMILES string of the molecule is C[C@]12CC=C3[C@@H](CCC4(CCSc5ncccn5)CC(O)CC[C@]34C)[C@@H]1CCC2O. The van der Waals surface area contributed by atoms with Crippen LogP contribution in [-0.2, 0) is 0 Å². The van der Waals surface area contributed by atoms with E-state index >= 15 is 0 Å². The Bertz CT molecular complexity index is 817. The molecule has 5 heteroatoms. The van der Waals surface area contributed by atoms with Gasteiger partial charge in [-0.05, 0) is 86.5 Å². The standard InChI is InChI=1S/C25H36N2O2S/c1-23-9-8-20-18(19(23)4-5-21(23)29)7-11-25(16-17(28)6-10-24(20,25)2)12-15-30-22-26-13-3-14-27-22/h3,8,13-14,17-19,21,28-29H,4-7,9-12,15-16H2,1-2H3/t17?,18-,19-,21?,23-,24+,25?/m0/s1. The van der Waals surface area contributed by atoms with Crippen LogP contribution >= 0.6 is 11.8 Å². The molecule has 0 aromatic carbocycles. The number of thioether (sulfide) groups is 1. The quantitative estimate of drug-likeness (QED) is 0.401. The molecule has 164 valence electrons. The number of aliphatic hydroxyl groups excluding tert-OH is 2. The highest BCUT2D eigenvalue weighted by Gasteiger charge is 2.61. The summed E-state index contributed by atoms with van der Waals surface area (Å²) in [4.78, 5) is 8.76. The Hall–Kier alpha value is -0.910. The summed E-state index contributed by atoms with van der Waals surface area (Å²) in [5, 5.41) is 22.2. The molecule has 3 unspecified atom stereocenters. The molecular formula is C25H36N2O2S. The minimum atomic E-state index is -0.171. The maximum atomic E-state index is 10.7. The molecule has 0 saturated heterocycles. The van der Waals surface area contributed by atoms with Crippen molar-refractivity contribution in [3.05, 3.63) is 30.1 Å². The average molecular weight is 429 g/mol. The van der Waals surface area contributed by atoms with Gasteiger partial charge in [-0.3, -0.25) is 0 Å². The molecular weight excluding hydrogens is 392 g/mol. The molecule has 0 bridgehead atoms. The van der Waals surface area contributed by atoms with Gasteiger partial charge in [-0.1, -0.05) is 37.3 Å². The van der Waals surface area contributed by atoms with Crippen molar-refractivity contribution in [1.82, 2.24) is 9.97 Å². The van der Waals surface area contributed by atoms with E-state index in [1.165, 1.54) is 19.3 Å². The summed E-state index contributed by atoms with van der Waals surface area (Å²) in [6, 6.07) is 1.86. The highest BCUT2D eigenvalue weighted by Crippen LogP contribution is 2.69. The first-order valence-corrected chi connectivity index (χ1v) is 12.8. The summed E-state index contributed by atoms with van der Waals surface area (Å²) in [6.07, 6.45) is 15.5. The molecule has 4 aliphatic carbocycles. The number of aromatic nitrogens is 2. The number of hydrogen-bond donors (Lipinski definition) is 2. The minimum absolute atomic E-state index is 0.0687. The van der Waals surface area contributed by atoms with Gasteiger partial charge in [0.15, 0.2) is 5.16 Å². The first kappa shape index (κ1) is 21.0. The Morgan fingerprint density at radius 1 is 1.07 bits per heavy atom. The van der Waals surface area contributed by atoms with E-state index in [2.05, 4.69) is 29.9 Å². The Labute approximate surface area is 185 Å². The van der Waals surface area contributed by atoms with E-state index in [0.29, 0.717) is 11.8 Å². The third-order valence-corrected chi connectivity index (χ3v) is 10.6. The van der Waals surface area contributed by atoms with Crippen LogP contribution in [0.1, 0.15) is 71.6 Å². The van der Waals surface area contributed by atoms with Crippen LogP contribution in [0.4, 0.5) is 0 Å². The molecule has 0 amide bonds. The molecule has 0 spiro atoms. The lowest BCUT2D eigenvalue weighted by Gasteiger charge is -2.62. The largest absolute Gasteiger partial charge is 0.393 e. The second kappa shape index (κ2) is 7.60. The Kier molecular flexibility index (Phi) is 5.31. The third kappa shape index (κ3) is 3.10. The fourth-order valence-electron chi connectivity index (χ4n) is 7.84. The highest BCUT2D eigenvalue weighted by molar-refractivity contribution is 7.99. The molecule has 3 fully saturated rings. The molecule has 0 radical (unpaired) electrons. The number of allylic oxidation sites excluding steroid dienone is 2. The molecule has 0 aliphatic heterocycles. The van der Waals surface area contributed by atoms with E-state index in [1.807, 2.05) is 18.5 Å². The Balaban J connectivity index is 1.42. The second-order valence-corrected chi connectivity index (χ2v) is 11.9. The fraction of sp³-hybridized carbons (Fsp3) is 0.760. The van der Waals surface area contributed by atoms with Gasteiger partial charge in [-0.2, -0.15) is 0 Å². The van der Waals surface area contributed by atoms with Gasteiger partial charge in [0, 0.05) is 23.6 Å². The van der Waals surface area contributed by atoms with Crippen molar-refractivity contribution in [2.75, 3.05) is 5.75 Å². The Morgan fingerprint density at radius 2 is 1.87 bits per heavy atom. The number of nitrogens with zero attached hydrogens (tertiary/aromatic N) is 2. The van der Waals surface area contributed by atoms with Crippen LogP contribution in [0.5, 0.6) is 0 Å². The van der Waals surface area contributed by atoms with Gasteiger partial charge in [0.1, 0.15) is 0 Å². The van der Waals surface area contributed by atoms with E-state index in [1.54, 1.807) is 17.3 Å². The summed E-state index contributed by atoms with van der Waals surface area (Å²) in [5.74, 6) is 2.25. The predicted octanol–water partition coefficient (Wildman–Crippen LogP) is 5.01. The van der Waals surface area contributed by atoms with Gasteiger partial charge < -0.3 is 10.2 Å². The van der Waals surface area contributed by atoms with Gasteiger partial charge in [-0.15, -0.1) is 0 Å². The average Bonchev–Trinajstić information content (AvgIpc) is 3.04. The second-order valence-electron chi connectivity index (χ2n) is 10.9. The molecule has 1 heterocycles. The lowest BCUT2D eigenvalue weighted by atomic mass is 9.42. The molecule has 1 aromatic rings. The van der Waals surface area contributed by atoms with Crippen LogP contribution in [0.2, 0.25) is 0 Å². The van der Waals surface area contributed by atoms with E-state index < -0.39 is 0 Å². The zero-order chi connectivity index (χ0) is 21.0. The van der Waals surface area contributed by atoms with E-state index in [0.717, 1.165) is 49.4 Å². The van der Waals surface area contributed by atoms with Gasteiger partial charge in [0.2, 0.25) is 0 Å². The zero-order valence-electron chi connectivity index (χ0n) is 18.4. The van der Waals surface area contributed by atoms with E-state index in [4.69, 9.17) is 0 Å². The van der Waals surface area contributed by atoms with Crippen LogP contribution in [-0.4, -0.2) is 38.1 Å². The maximum Gasteiger partial charge on any atom is 0.187 e. The predicted molar refractivity (Wildman–Crippen MR) is 120 cm³/mol. The smallest absolute Gasteiger partial charge is 0.187 e. The van der Waals surface area contributed by atoms with Crippen LogP contribution in [0.3, 0.4) is 0 Å². The van der Waals surface area contributed by atoms with Crippen LogP contribution in [0, 0.1) is 28.1 Å². The first-order valence-electron chi connectivity index (χ1n) is 11.8. The third-order valence-electron chi connectivity index (χ3n) is 9.71. The molecule has 1 aromatic heterocycles. The lowest BCUT2D eigenvalue weighted by Crippen LogP contribution is -2.55. The monoisotopic (exact) mass is 428 g/mol. The minimum Gasteiger partial charge on any atom is -0.393 e. The van der Waals surface area contributed by atoms with Gasteiger partial charge in [-0.25, -0.2) is 9.97 Å². The lowest BCUT2D eigenvalue weighted by molar-refractivity contribution is -0.0866. The van der Waals surface area contributed by atoms with E-state index in [9.17, 15) is 10.2 Å². The molecule has 2 N–H and O–H groups in total. The normalized spacial score (nSPS) is 45.3. The molecule has 30 heavy (non-hydrogen) atoms. The molecule has 7 atom stereocenters. The highest BCUT2D eigenvalue weighted by atomic mass is 32.2. The van der Waals surface area contributed by atoms with Crippen molar-refractivity contribution in [2.45, 2.75) is 89.0 Å². The number of fused-ring (bicyclic) bond motifs is 5. The number of aliphatic hydroxyl groups is 2. The number of hydrogen-bond acceptors (Lipinski definition) is 5. The summed E-state index contributed by atoms with van der Waals surface area (Å²) >= 11 is 1.75. The zero-order valence-corrected chi connectivity index (χ0v) is 19.2. The topological polar surface area (TPSA) is 66.2 Å². The van der Waals surface area contributed by atoms with Crippen molar-refractivity contribution in [3.8, 4) is 0 Å². The van der Waals surface area contributed by atoms with Crippen LogP contribution in [0.15, 0.2) is 35.3 Å². The summed E-state index contributed by atoms with van der Waals surface area (Å²) in [7, 11) is 0. The Morgan fingerprint density at radius 3 is 2.67 bits per heavy atom. The van der Waals surface area contributed by atoms with Crippen molar-refractivity contribution < 1.29 is 10.2 Å². The van der Waals surface area contributed by atoms with Crippen molar-refractivity contribution in [2.24, 2.45) is 28.1 Å².